The molecule has 156 valence electrons. The number of para-hydroxylation sites is 1. The van der Waals surface area contributed by atoms with E-state index in [0.29, 0.717) is 16.9 Å². The molecule has 0 aliphatic rings. The normalized spacial score (nSPS) is 11.7. The Labute approximate surface area is 175 Å². The molecule has 0 aliphatic carbocycles. The van der Waals surface area contributed by atoms with Gasteiger partial charge in [-0.2, -0.15) is 0 Å². The average molecular weight is 445 g/mol. The number of rotatable bonds is 6. The highest BCUT2D eigenvalue weighted by molar-refractivity contribution is 7.92. The number of carbonyl (C=O) groups excluding carboxylic acids is 1. The van der Waals surface area contributed by atoms with E-state index in [-0.39, 0.29) is 15.4 Å². The van der Waals surface area contributed by atoms with Crippen LogP contribution in [0.15, 0.2) is 82.6 Å². The van der Waals surface area contributed by atoms with Crippen molar-refractivity contribution in [1.29, 1.82) is 0 Å². The second-order valence-corrected chi connectivity index (χ2v) is 10.4. The molecule has 3 aromatic carbocycles. The first kappa shape index (κ1) is 21.5. The fourth-order valence-electron chi connectivity index (χ4n) is 2.71. The van der Waals surface area contributed by atoms with Crippen LogP contribution in [0.3, 0.4) is 0 Å². The summed E-state index contributed by atoms with van der Waals surface area (Å²) in [5.74, 6) is -0.490. The van der Waals surface area contributed by atoms with Gasteiger partial charge in [-0.05, 0) is 61.0 Å². The summed E-state index contributed by atoms with van der Waals surface area (Å²) in [6.07, 6.45) is 1.07. The zero-order valence-electron chi connectivity index (χ0n) is 16.3. The monoisotopic (exact) mass is 444 g/mol. The molecule has 0 saturated carbocycles. The summed E-state index contributed by atoms with van der Waals surface area (Å²) >= 11 is 0. The molecular weight excluding hydrogens is 424 g/mol. The lowest BCUT2D eigenvalue weighted by Gasteiger charge is -2.11. The quantitative estimate of drug-likeness (QED) is 0.605. The zero-order valence-corrected chi connectivity index (χ0v) is 17.9. The van der Waals surface area contributed by atoms with E-state index >= 15 is 0 Å². The summed E-state index contributed by atoms with van der Waals surface area (Å²) in [6, 6.07) is 18.5. The van der Waals surface area contributed by atoms with Crippen molar-refractivity contribution in [2.24, 2.45) is 0 Å². The minimum atomic E-state index is -3.77. The van der Waals surface area contributed by atoms with Gasteiger partial charge in [-0.1, -0.05) is 24.3 Å². The molecule has 1 amide bonds. The molecule has 7 nitrogen and oxygen atoms in total. The average Bonchev–Trinajstić information content (AvgIpc) is 2.68. The second-order valence-electron chi connectivity index (χ2n) is 6.70. The first-order chi connectivity index (χ1) is 14.1. The predicted octanol–water partition coefficient (Wildman–Crippen LogP) is 3.45. The third kappa shape index (κ3) is 5.05. The number of aryl methyl sites for hydroxylation is 1. The van der Waals surface area contributed by atoms with Gasteiger partial charge in [0.2, 0.25) is 0 Å². The van der Waals surface area contributed by atoms with E-state index in [1.165, 1.54) is 36.4 Å². The van der Waals surface area contributed by atoms with Gasteiger partial charge in [-0.3, -0.25) is 9.52 Å². The molecule has 0 radical (unpaired) electrons. The van der Waals surface area contributed by atoms with Crippen LogP contribution in [0.2, 0.25) is 0 Å². The SMILES string of the molecule is Cc1ccc(S(C)(=O)=O)cc1C(=O)Nc1ccc(S(=O)(=O)Nc2ccccc2)cc1. The van der Waals surface area contributed by atoms with Gasteiger partial charge in [0.15, 0.2) is 9.84 Å². The maximum absolute atomic E-state index is 12.6. The van der Waals surface area contributed by atoms with Gasteiger partial charge < -0.3 is 5.32 Å². The van der Waals surface area contributed by atoms with Gasteiger partial charge in [-0.25, -0.2) is 16.8 Å². The molecule has 0 fully saturated rings. The van der Waals surface area contributed by atoms with Crippen molar-refractivity contribution in [2.45, 2.75) is 16.7 Å². The lowest BCUT2D eigenvalue weighted by molar-refractivity contribution is 0.102. The van der Waals surface area contributed by atoms with Crippen LogP contribution in [0.5, 0.6) is 0 Å². The summed E-state index contributed by atoms with van der Waals surface area (Å²) in [5.41, 5.74) is 1.66. The van der Waals surface area contributed by atoms with Gasteiger partial charge in [0.05, 0.1) is 9.79 Å². The summed E-state index contributed by atoms with van der Waals surface area (Å²) < 4.78 is 50.9. The Kier molecular flexibility index (Phi) is 5.95. The molecule has 2 N–H and O–H groups in total. The van der Waals surface area contributed by atoms with Crippen molar-refractivity contribution in [3.8, 4) is 0 Å². The van der Waals surface area contributed by atoms with Gasteiger partial charge in [0.1, 0.15) is 0 Å². The molecule has 3 rings (SSSR count). The van der Waals surface area contributed by atoms with Crippen LogP contribution in [-0.4, -0.2) is 29.0 Å². The number of benzene rings is 3. The van der Waals surface area contributed by atoms with Crippen LogP contribution in [0.4, 0.5) is 11.4 Å². The van der Waals surface area contributed by atoms with Gasteiger partial charge in [0.25, 0.3) is 15.9 Å². The Hall–Kier alpha value is -3.17. The standard InChI is InChI=1S/C21H20N2O5S2/c1-15-8-11-19(29(2,25)26)14-20(15)21(24)22-16-9-12-18(13-10-16)30(27,28)23-17-6-4-3-5-7-17/h3-14,23H,1-2H3,(H,22,24). The number of amides is 1. The van der Waals surface area contributed by atoms with E-state index in [4.69, 9.17) is 0 Å². The molecule has 0 spiro atoms. The van der Waals surface area contributed by atoms with E-state index in [2.05, 4.69) is 10.0 Å². The molecular formula is C21H20N2O5S2. The molecule has 0 aliphatic heterocycles. The predicted molar refractivity (Wildman–Crippen MR) is 116 cm³/mol. The van der Waals surface area contributed by atoms with Crippen molar-refractivity contribution in [3.05, 3.63) is 83.9 Å². The Morgan fingerprint density at radius 2 is 1.37 bits per heavy atom. The fourth-order valence-corrected chi connectivity index (χ4v) is 4.42. The van der Waals surface area contributed by atoms with E-state index in [9.17, 15) is 21.6 Å². The van der Waals surface area contributed by atoms with Crippen LogP contribution < -0.4 is 10.0 Å². The molecule has 0 atom stereocenters. The summed E-state index contributed by atoms with van der Waals surface area (Å²) in [6.45, 7) is 1.70. The topological polar surface area (TPSA) is 109 Å². The molecule has 30 heavy (non-hydrogen) atoms. The largest absolute Gasteiger partial charge is 0.322 e. The van der Waals surface area contributed by atoms with E-state index in [1.807, 2.05) is 0 Å². The number of hydrogen-bond acceptors (Lipinski definition) is 5. The number of sulfone groups is 1. The van der Waals surface area contributed by atoms with Gasteiger partial charge in [0, 0.05) is 23.2 Å². The Morgan fingerprint density at radius 1 is 0.767 bits per heavy atom. The van der Waals surface area contributed by atoms with E-state index < -0.39 is 25.8 Å². The summed E-state index contributed by atoms with van der Waals surface area (Å²) in [4.78, 5) is 12.7. The Bertz CT molecular complexity index is 1280. The lowest BCUT2D eigenvalue weighted by Crippen LogP contribution is -2.15. The molecule has 0 aromatic heterocycles. The van der Waals surface area contributed by atoms with Crippen molar-refractivity contribution < 1.29 is 21.6 Å². The van der Waals surface area contributed by atoms with Crippen molar-refractivity contribution in [1.82, 2.24) is 0 Å². The molecule has 3 aromatic rings. The maximum Gasteiger partial charge on any atom is 0.261 e. The first-order valence-electron chi connectivity index (χ1n) is 8.86. The van der Waals surface area contributed by atoms with E-state index in [1.54, 1.807) is 43.3 Å². The molecule has 9 heteroatoms. The highest BCUT2D eigenvalue weighted by atomic mass is 32.2. The number of anilines is 2. The highest BCUT2D eigenvalue weighted by Gasteiger charge is 2.16. The van der Waals surface area contributed by atoms with E-state index in [0.717, 1.165) is 6.26 Å². The maximum atomic E-state index is 12.6. The molecule has 0 heterocycles. The zero-order chi connectivity index (χ0) is 21.9. The fraction of sp³-hybridized carbons (Fsp3) is 0.0952. The van der Waals surface area contributed by atoms with Crippen LogP contribution in [0, 0.1) is 6.92 Å². The molecule has 0 bridgehead atoms. The number of carbonyl (C=O) groups is 1. The lowest BCUT2D eigenvalue weighted by atomic mass is 10.1. The van der Waals surface area contributed by atoms with Crippen molar-refractivity contribution >= 4 is 37.1 Å². The Morgan fingerprint density at radius 3 is 1.97 bits per heavy atom. The first-order valence-corrected chi connectivity index (χ1v) is 12.2. The van der Waals surface area contributed by atoms with Gasteiger partial charge in [-0.15, -0.1) is 0 Å². The third-order valence-electron chi connectivity index (χ3n) is 4.33. The minimum Gasteiger partial charge on any atom is -0.322 e. The van der Waals surface area contributed by atoms with Gasteiger partial charge >= 0.3 is 0 Å². The van der Waals surface area contributed by atoms with Crippen LogP contribution in [0.1, 0.15) is 15.9 Å². The highest BCUT2D eigenvalue weighted by Crippen LogP contribution is 2.20. The van der Waals surface area contributed by atoms with Crippen LogP contribution in [-0.2, 0) is 19.9 Å². The summed E-state index contributed by atoms with van der Waals surface area (Å²) in [5, 5.41) is 2.66. The van der Waals surface area contributed by atoms with Crippen LogP contribution in [0.25, 0.3) is 0 Å². The number of nitrogens with one attached hydrogen (secondary N) is 2. The summed E-state index contributed by atoms with van der Waals surface area (Å²) in [7, 11) is -7.22. The smallest absolute Gasteiger partial charge is 0.261 e. The Balaban J connectivity index is 1.78. The number of sulfonamides is 1. The van der Waals surface area contributed by atoms with Crippen molar-refractivity contribution in [2.75, 3.05) is 16.3 Å². The molecule has 0 unspecified atom stereocenters. The minimum absolute atomic E-state index is 0.0413. The number of hydrogen-bond donors (Lipinski definition) is 2. The second kappa shape index (κ2) is 8.29. The third-order valence-corrected chi connectivity index (χ3v) is 6.84. The van der Waals surface area contributed by atoms with Crippen LogP contribution >= 0.6 is 0 Å². The van der Waals surface area contributed by atoms with Crippen molar-refractivity contribution in [3.63, 3.8) is 0 Å². The molecule has 0 saturated heterocycles.